The van der Waals surface area contributed by atoms with E-state index in [-0.39, 0.29) is 28.0 Å². The number of nitrogens with zero attached hydrogens (tertiary/aromatic N) is 5. The number of aliphatic hydroxyl groups excluding tert-OH is 1. The highest BCUT2D eigenvalue weighted by Crippen LogP contribution is 2.44. The van der Waals surface area contributed by atoms with Crippen molar-refractivity contribution in [2.45, 2.75) is 30.0 Å². The predicted octanol–water partition coefficient (Wildman–Crippen LogP) is 6.62. The van der Waals surface area contributed by atoms with Crippen LogP contribution in [0.4, 0.5) is 9.52 Å². The molecule has 0 radical (unpaired) electrons. The largest absolute Gasteiger partial charge is 0.505 e. The van der Waals surface area contributed by atoms with Gasteiger partial charge in [0.2, 0.25) is 5.13 Å². The summed E-state index contributed by atoms with van der Waals surface area (Å²) in [4.78, 5) is 33.0. The van der Waals surface area contributed by atoms with E-state index in [4.69, 9.17) is 0 Å². The number of Topliss-reactive ketones (excluding diaryl/α,β-unsaturated/α-hetero) is 1. The van der Waals surface area contributed by atoms with Gasteiger partial charge in [0.05, 0.1) is 17.3 Å². The molecule has 6 rings (SSSR count). The average molecular weight is 651 g/mol. The SMILES string of the molecule is Cc1cccn2c(C)c(C(O)=C3C(=O)C(=O)N(c4nnc(SCc5ccccc5F)s4)C3c3ccc(Br)cc3)nc12. The number of halogens is 2. The van der Waals surface area contributed by atoms with Gasteiger partial charge in [-0.3, -0.25) is 14.5 Å². The first-order valence-corrected chi connectivity index (χ1v) is 15.0. The van der Waals surface area contributed by atoms with E-state index in [1.54, 1.807) is 49.4 Å². The molecule has 0 saturated carbocycles. The van der Waals surface area contributed by atoms with Crippen LogP contribution in [0, 0.1) is 19.7 Å². The Morgan fingerprint density at radius 1 is 1.07 bits per heavy atom. The number of aryl methyl sites for hydroxylation is 2. The lowest BCUT2D eigenvalue weighted by molar-refractivity contribution is -0.132. The Hall–Kier alpha value is -3.87. The molecule has 1 amide bonds. The van der Waals surface area contributed by atoms with Crippen LogP contribution in [0.5, 0.6) is 0 Å². The van der Waals surface area contributed by atoms with Gasteiger partial charge in [-0.1, -0.05) is 75.4 Å². The second kappa shape index (κ2) is 10.8. The number of aromatic nitrogens is 4. The lowest BCUT2D eigenvalue weighted by atomic mass is 9.96. The zero-order valence-electron chi connectivity index (χ0n) is 21.7. The number of fused-ring (bicyclic) bond motifs is 1. The number of carbonyl (C=O) groups is 2. The second-order valence-corrected chi connectivity index (χ2v) is 12.5. The summed E-state index contributed by atoms with van der Waals surface area (Å²) in [7, 11) is 0. The number of carbonyl (C=O) groups excluding carboxylic acids is 2. The van der Waals surface area contributed by atoms with Gasteiger partial charge in [0.1, 0.15) is 17.2 Å². The molecule has 4 heterocycles. The summed E-state index contributed by atoms with van der Waals surface area (Å²) in [6.07, 6.45) is 1.83. The van der Waals surface area contributed by atoms with Crippen molar-refractivity contribution in [1.29, 1.82) is 0 Å². The molecule has 0 spiro atoms. The number of amides is 1. The topological polar surface area (TPSA) is 101 Å². The van der Waals surface area contributed by atoms with E-state index >= 15 is 0 Å². The summed E-state index contributed by atoms with van der Waals surface area (Å²) >= 11 is 5.83. The number of rotatable bonds is 6. The zero-order chi connectivity index (χ0) is 28.8. The van der Waals surface area contributed by atoms with Crippen molar-refractivity contribution in [3.8, 4) is 0 Å². The minimum Gasteiger partial charge on any atom is -0.505 e. The highest BCUT2D eigenvalue weighted by Gasteiger charge is 2.48. The van der Waals surface area contributed by atoms with Crippen molar-refractivity contribution in [3.63, 3.8) is 0 Å². The quantitative estimate of drug-likeness (QED) is 0.0725. The Kier molecular flexibility index (Phi) is 7.22. The van der Waals surface area contributed by atoms with Gasteiger partial charge in [-0.05, 0) is 54.8 Å². The second-order valence-electron chi connectivity index (χ2n) is 9.38. The van der Waals surface area contributed by atoms with Gasteiger partial charge in [-0.15, -0.1) is 10.2 Å². The zero-order valence-corrected chi connectivity index (χ0v) is 24.9. The van der Waals surface area contributed by atoms with E-state index in [0.29, 0.717) is 32.6 Å². The smallest absolute Gasteiger partial charge is 0.301 e. The monoisotopic (exact) mass is 649 g/mol. The summed E-state index contributed by atoms with van der Waals surface area (Å²) in [5.74, 6) is -2.04. The molecular weight excluding hydrogens is 629 g/mol. The minimum atomic E-state index is -0.967. The van der Waals surface area contributed by atoms with Gasteiger partial charge >= 0.3 is 5.91 Å². The van der Waals surface area contributed by atoms with E-state index in [9.17, 15) is 19.1 Å². The van der Waals surface area contributed by atoms with Crippen molar-refractivity contribution in [2.24, 2.45) is 0 Å². The number of pyridine rings is 1. The molecule has 1 atom stereocenters. The first-order chi connectivity index (χ1) is 19.7. The van der Waals surface area contributed by atoms with E-state index in [1.165, 1.54) is 22.7 Å². The number of ketones is 1. The molecule has 1 unspecified atom stereocenters. The Morgan fingerprint density at radius 2 is 1.83 bits per heavy atom. The number of thioether (sulfide) groups is 1. The number of hydrogen-bond acceptors (Lipinski definition) is 8. The van der Waals surface area contributed by atoms with E-state index in [0.717, 1.165) is 21.4 Å². The first kappa shape index (κ1) is 27.3. The molecule has 1 aliphatic heterocycles. The van der Waals surface area contributed by atoms with Gasteiger partial charge in [0, 0.05) is 16.4 Å². The van der Waals surface area contributed by atoms with Crippen LogP contribution < -0.4 is 4.90 Å². The Bertz CT molecular complexity index is 1870. The van der Waals surface area contributed by atoms with Crippen molar-refractivity contribution < 1.29 is 19.1 Å². The molecule has 2 aromatic carbocycles. The standard InChI is InChI=1S/C29H21BrFN5O3S2/c1-15-6-5-13-35-16(2)22(32-26(15)35)24(37)21-23(17-9-11-19(30)12-10-17)36(27(39)25(21)38)28-33-34-29(41-28)40-14-18-7-3-4-8-20(18)31/h3-13,23,37H,14H2,1-2H3. The van der Waals surface area contributed by atoms with Crippen LogP contribution in [0.15, 0.2) is 81.2 Å². The van der Waals surface area contributed by atoms with E-state index in [1.807, 2.05) is 29.7 Å². The summed E-state index contributed by atoms with van der Waals surface area (Å²) in [5, 5.41) is 20.2. The molecule has 41 heavy (non-hydrogen) atoms. The fraction of sp³-hybridized carbons (Fsp3) is 0.138. The maximum absolute atomic E-state index is 14.1. The summed E-state index contributed by atoms with van der Waals surface area (Å²) in [6.45, 7) is 3.70. The lowest BCUT2D eigenvalue weighted by Gasteiger charge is -2.22. The highest BCUT2D eigenvalue weighted by molar-refractivity contribution is 9.10. The fourth-order valence-electron chi connectivity index (χ4n) is 4.78. The van der Waals surface area contributed by atoms with Gasteiger partial charge in [0.25, 0.3) is 5.78 Å². The number of aliphatic hydroxyl groups is 1. The number of hydrogen-bond donors (Lipinski definition) is 1. The molecule has 1 fully saturated rings. The fourth-order valence-corrected chi connectivity index (χ4v) is 6.90. The van der Waals surface area contributed by atoms with Crippen LogP contribution in [0.3, 0.4) is 0 Å². The Labute approximate surface area is 250 Å². The molecule has 8 nitrogen and oxygen atoms in total. The highest BCUT2D eigenvalue weighted by atomic mass is 79.9. The van der Waals surface area contributed by atoms with Crippen LogP contribution in [-0.4, -0.2) is 36.4 Å². The van der Waals surface area contributed by atoms with Crippen LogP contribution in [0.25, 0.3) is 11.4 Å². The van der Waals surface area contributed by atoms with Crippen LogP contribution >= 0.6 is 39.0 Å². The maximum Gasteiger partial charge on any atom is 0.301 e. The summed E-state index contributed by atoms with van der Waals surface area (Å²) in [6, 6.07) is 16.4. The van der Waals surface area contributed by atoms with E-state index < -0.39 is 17.7 Å². The van der Waals surface area contributed by atoms with Gasteiger partial charge in [-0.25, -0.2) is 9.37 Å². The first-order valence-electron chi connectivity index (χ1n) is 12.5. The normalized spacial score (nSPS) is 16.7. The Balaban J connectivity index is 1.44. The molecular formula is C29H21BrFN5O3S2. The lowest BCUT2D eigenvalue weighted by Crippen LogP contribution is -2.29. The molecule has 12 heteroatoms. The van der Waals surface area contributed by atoms with Crippen molar-refractivity contribution in [3.05, 3.63) is 111 Å². The molecule has 206 valence electrons. The van der Waals surface area contributed by atoms with Gasteiger partial charge < -0.3 is 9.51 Å². The Morgan fingerprint density at radius 3 is 2.56 bits per heavy atom. The number of anilines is 1. The molecule has 5 aromatic rings. The minimum absolute atomic E-state index is 0.0859. The van der Waals surface area contributed by atoms with Crippen LogP contribution in [0.1, 0.15) is 34.1 Å². The molecule has 3 aromatic heterocycles. The van der Waals surface area contributed by atoms with Crippen molar-refractivity contribution >= 4 is 67.3 Å². The third-order valence-corrected chi connectivity index (χ3v) is 9.48. The third-order valence-electron chi connectivity index (χ3n) is 6.85. The number of imidazole rings is 1. The molecule has 0 aliphatic carbocycles. The van der Waals surface area contributed by atoms with Crippen molar-refractivity contribution in [1.82, 2.24) is 19.6 Å². The summed E-state index contributed by atoms with van der Waals surface area (Å²) in [5.41, 5.74) is 3.42. The summed E-state index contributed by atoms with van der Waals surface area (Å²) < 4.78 is 17.3. The van der Waals surface area contributed by atoms with Crippen LogP contribution in [0.2, 0.25) is 0 Å². The van der Waals surface area contributed by atoms with Gasteiger partial charge in [-0.2, -0.15) is 0 Å². The third kappa shape index (κ3) is 4.85. The van der Waals surface area contributed by atoms with Crippen LogP contribution in [-0.2, 0) is 15.3 Å². The van der Waals surface area contributed by atoms with E-state index in [2.05, 4.69) is 31.1 Å². The molecule has 0 bridgehead atoms. The molecule has 1 N–H and O–H groups in total. The number of benzene rings is 2. The predicted molar refractivity (Wildman–Crippen MR) is 159 cm³/mol. The molecule has 1 saturated heterocycles. The van der Waals surface area contributed by atoms with Crippen molar-refractivity contribution in [2.75, 3.05) is 4.90 Å². The maximum atomic E-state index is 14.1. The van der Waals surface area contributed by atoms with Gasteiger partial charge in [0.15, 0.2) is 10.1 Å². The molecule has 1 aliphatic rings. The average Bonchev–Trinajstić information content (AvgIpc) is 3.64.